The Bertz CT molecular complexity index is 282. The molecule has 0 aliphatic carbocycles. The summed E-state index contributed by atoms with van der Waals surface area (Å²) in [6, 6.07) is 3.34. The Kier molecular flexibility index (Phi) is 5.68. The fourth-order valence-electron chi connectivity index (χ4n) is 0.859. The van der Waals surface area contributed by atoms with Crippen LogP contribution in [0.4, 0.5) is 13.2 Å². The van der Waals surface area contributed by atoms with Crippen LogP contribution in [0.25, 0.3) is 0 Å². The Hall–Kier alpha value is -0.740. The van der Waals surface area contributed by atoms with E-state index in [-0.39, 0.29) is 5.56 Å². The molecule has 1 atom stereocenters. The molecule has 0 aromatic heterocycles. The van der Waals surface area contributed by atoms with E-state index in [1.165, 1.54) is 24.3 Å². The second-order valence-corrected chi connectivity index (χ2v) is 3.01. The molecule has 1 nitrogen and oxygen atoms in total. The second kappa shape index (κ2) is 5.98. The van der Waals surface area contributed by atoms with E-state index in [9.17, 15) is 13.2 Å². The number of nitrogens with two attached hydrogens (primary N) is 1. The summed E-state index contributed by atoms with van der Waals surface area (Å²) in [7, 11) is 0. The van der Waals surface area contributed by atoms with Crippen LogP contribution in [0.3, 0.4) is 0 Å². The molecule has 15 heavy (non-hydrogen) atoms. The van der Waals surface area contributed by atoms with Gasteiger partial charge in [0.1, 0.15) is 6.04 Å². The molecule has 0 fully saturated rings. The van der Waals surface area contributed by atoms with Crippen molar-refractivity contribution in [3.05, 3.63) is 34.9 Å². The Morgan fingerprint density at radius 3 is 1.87 bits per heavy atom. The van der Waals surface area contributed by atoms with E-state index < -0.39 is 12.2 Å². The fourth-order valence-corrected chi connectivity index (χ4v) is 0.985. The molecule has 0 aliphatic rings. The van der Waals surface area contributed by atoms with Crippen molar-refractivity contribution in [3.8, 4) is 0 Å². The van der Waals surface area contributed by atoms with Crippen LogP contribution in [0.2, 0.25) is 5.02 Å². The molecule has 1 aromatic rings. The highest BCUT2D eigenvalue weighted by Gasteiger charge is 2.37. The third-order valence-electron chi connectivity index (χ3n) is 1.58. The highest BCUT2D eigenvalue weighted by atomic mass is 35.5. The first-order valence-electron chi connectivity index (χ1n) is 4.49. The number of rotatable bonds is 1. The predicted octanol–water partition coefficient (Wildman–Crippen LogP) is 3.93. The number of benzene rings is 1. The molecule has 0 heterocycles. The summed E-state index contributed by atoms with van der Waals surface area (Å²) < 4.78 is 36.2. The zero-order valence-corrected chi connectivity index (χ0v) is 9.23. The average molecular weight is 240 g/mol. The average Bonchev–Trinajstić information content (AvgIpc) is 2.20. The predicted molar refractivity (Wildman–Crippen MR) is 55.8 cm³/mol. The van der Waals surface area contributed by atoms with Gasteiger partial charge < -0.3 is 5.73 Å². The summed E-state index contributed by atoms with van der Waals surface area (Å²) in [5.74, 6) is 0. The van der Waals surface area contributed by atoms with Crippen molar-refractivity contribution < 1.29 is 13.2 Å². The van der Waals surface area contributed by atoms with Gasteiger partial charge in [-0.25, -0.2) is 0 Å². The summed E-state index contributed by atoms with van der Waals surface area (Å²) in [6.45, 7) is 4.00. The highest BCUT2D eigenvalue weighted by Crippen LogP contribution is 2.30. The van der Waals surface area contributed by atoms with Crippen LogP contribution >= 0.6 is 11.6 Å². The van der Waals surface area contributed by atoms with E-state index in [2.05, 4.69) is 0 Å². The van der Waals surface area contributed by atoms with Crippen molar-refractivity contribution >= 4 is 11.6 Å². The molecule has 0 saturated heterocycles. The van der Waals surface area contributed by atoms with Gasteiger partial charge in [-0.15, -0.1) is 0 Å². The highest BCUT2D eigenvalue weighted by molar-refractivity contribution is 6.30. The fraction of sp³-hybridized carbons (Fsp3) is 0.400. The zero-order valence-electron chi connectivity index (χ0n) is 8.48. The maximum atomic E-state index is 12.1. The van der Waals surface area contributed by atoms with Crippen LogP contribution in [0.15, 0.2) is 24.3 Å². The van der Waals surface area contributed by atoms with Crippen molar-refractivity contribution in [1.29, 1.82) is 0 Å². The molecule has 86 valence electrons. The normalized spacial score (nSPS) is 12.7. The molecule has 1 rings (SSSR count). The SMILES string of the molecule is CC.N[C@H](c1ccc(Cl)cc1)C(F)(F)F. The lowest BCUT2D eigenvalue weighted by atomic mass is 10.1. The van der Waals surface area contributed by atoms with Crippen molar-refractivity contribution in [2.45, 2.75) is 26.1 Å². The minimum atomic E-state index is -4.41. The molecule has 0 aliphatic heterocycles. The van der Waals surface area contributed by atoms with Crippen molar-refractivity contribution in [1.82, 2.24) is 0 Å². The minimum absolute atomic E-state index is 0.0110. The summed E-state index contributed by atoms with van der Waals surface area (Å²) in [5.41, 5.74) is 4.97. The van der Waals surface area contributed by atoms with E-state index in [0.717, 1.165) is 0 Å². The Morgan fingerprint density at radius 2 is 1.53 bits per heavy atom. The van der Waals surface area contributed by atoms with Gasteiger partial charge >= 0.3 is 6.18 Å². The molecule has 2 N–H and O–H groups in total. The van der Waals surface area contributed by atoms with Gasteiger partial charge in [-0.05, 0) is 17.7 Å². The smallest absolute Gasteiger partial charge is 0.316 e. The van der Waals surface area contributed by atoms with Crippen LogP contribution in [-0.4, -0.2) is 6.18 Å². The lowest BCUT2D eigenvalue weighted by molar-refractivity contribution is -0.149. The third kappa shape index (κ3) is 4.53. The molecule has 0 radical (unpaired) electrons. The van der Waals surface area contributed by atoms with Crippen molar-refractivity contribution in [2.24, 2.45) is 5.73 Å². The van der Waals surface area contributed by atoms with E-state index >= 15 is 0 Å². The van der Waals surface area contributed by atoms with Gasteiger partial charge in [-0.1, -0.05) is 37.6 Å². The molecular formula is C10H13ClF3N. The number of hydrogen-bond donors (Lipinski definition) is 1. The minimum Gasteiger partial charge on any atom is -0.316 e. The summed E-state index contributed by atoms with van der Waals surface area (Å²) in [6.07, 6.45) is -4.41. The van der Waals surface area contributed by atoms with Gasteiger partial charge in [0, 0.05) is 5.02 Å². The van der Waals surface area contributed by atoms with Crippen molar-refractivity contribution in [2.75, 3.05) is 0 Å². The van der Waals surface area contributed by atoms with Gasteiger partial charge in [-0.2, -0.15) is 13.2 Å². The maximum Gasteiger partial charge on any atom is 0.407 e. The van der Waals surface area contributed by atoms with Gasteiger partial charge in [0.05, 0.1) is 0 Å². The van der Waals surface area contributed by atoms with Crippen molar-refractivity contribution in [3.63, 3.8) is 0 Å². The zero-order chi connectivity index (χ0) is 12.1. The first kappa shape index (κ1) is 14.3. The summed E-state index contributed by atoms with van der Waals surface area (Å²) in [5, 5.41) is 0.387. The van der Waals surface area contributed by atoms with Gasteiger partial charge in [-0.3, -0.25) is 0 Å². The number of alkyl halides is 3. The van der Waals surface area contributed by atoms with Crippen LogP contribution in [0.1, 0.15) is 25.5 Å². The first-order chi connectivity index (χ1) is 6.91. The Balaban J connectivity index is 0.000000921. The molecule has 0 spiro atoms. The van der Waals surface area contributed by atoms with E-state index in [4.69, 9.17) is 17.3 Å². The van der Waals surface area contributed by atoms with Crippen LogP contribution in [0.5, 0.6) is 0 Å². The first-order valence-corrected chi connectivity index (χ1v) is 4.87. The number of halogens is 4. The molecule has 0 saturated carbocycles. The lowest BCUT2D eigenvalue weighted by Crippen LogP contribution is -2.28. The van der Waals surface area contributed by atoms with Crippen LogP contribution in [-0.2, 0) is 0 Å². The van der Waals surface area contributed by atoms with Gasteiger partial charge in [0.15, 0.2) is 0 Å². The molecule has 0 bridgehead atoms. The lowest BCUT2D eigenvalue weighted by Gasteiger charge is -2.15. The molecular weight excluding hydrogens is 227 g/mol. The molecule has 0 amide bonds. The summed E-state index contributed by atoms with van der Waals surface area (Å²) in [4.78, 5) is 0. The van der Waals surface area contributed by atoms with Crippen LogP contribution in [0, 0.1) is 0 Å². The van der Waals surface area contributed by atoms with E-state index in [1.54, 1.807) is 0 Å². The maximum absolute atomic E-state index is 12.1. The van der Waals surface area contributed by atoms with Crippen LogP contribution < -0.4 is 5.73 Å². The van der Waals surface area contributed by atoms with E-state index in [1.807, 2.05) is 13.8 Å². The molecule has 0 unspecified atom stereocenters. The Labute approximate surface area is 92.0 Å². The second-order valence-electron chi connectivity index (χ2n) is 2.57. The topological polar surface area (TPSA) is 26.0 Å². The monoisotopic (exact) mass is 239 g/mol. The van der Waals surface area contributed by atoms with E-state index in [0.29, 0.717) is 5.02 Å². The summed E-state index contributed by atoms with van der Waals surface area (Å²) >= 11 is 5.51. The molecule has 5 heteroatoms. The number of hydrogen-bond acceptors (Lipinski definition) is 1. The quantitative estimate of drug-likeness (QED) is 0.790. The standard InChI is InChI=1S/C8H7ClF3N.C2H6/c9-6-3-1-5(2-4-6)7(13)8(10,11)12;1-2/h1-4,7H,13H2;1-2H3/t7-;/m1./s1. The van der Waals surface area contributed by atoms with Gasteiger partial charge in [0.25, 0.3) is 0 Å². The van der Waals surface area contributed by atoms with Gasteiger partial charge in [0.2, 0.25) is 0 Å². The third-order valence-corrected chi connectivity index (χ3v) is 1.83. The molecule has 1 aromatic carbocycles. The Morgan fingerprint density at radius 1 is 1.13 bits per heavy atom. The largest absolute Gasteiger partial charge is 0.407 e.